The zero-order chi connectivity index (χ0) is 27.9. The van der Waals surface area contributed by atoms with Crippen LogP contribution in [0.4, 0.5) is 5.95 Å². The molecular formula is C24H37N6O7P. The lowest BCUT2D eigenvalue weighted by Gasteiger charge is -2.24. The maximum absolute atomic E-state index is 13.5. The molecule has 0 aromatic carbocycles. The van der Waals surface area contributed by atoms with Gasteiger partial charge in [0.15, 0.2) is 0 Å². The fourth-order valence-electron chi connectivity index (χ4n) is 4.17. The Morgan fingerprint density at radius 1 is 1.47 bits per heavy atom. The number of rotatable bonds is 13. The first-order valence-electron chi connectivity index (χ1n) is 12.6. The summed E-state index contributed by atoms with van der Waals surface area (Å²) in [5.74, 6) is 0.0730. The molecule has 0 bridgehead atoms. The summed E-state index contributed by atoms with van der Waals surface area (Å²) in [6.45, 7) is 7.40. The number of methoxy groups -OCH3 is 1. The second-order valence-electron chi connectivity index (χ2n) is 9.13. The highest BCUT2D eigenvalue weighted by Gasteiger charge is 2.35. The van der Waals surface area contributed by atoms with Gasteiger partial charge in [-0.2, -0.15) is 5.09 Å². The van der Waals surface area contributed by atoms with Gasteiger partial charge < -0.3 is 19.7 Å². The molecule has 3 rings (SSSR count). The molecule has 1 aliphatic heterocycles. The van der Waals surface area contributed by atoms with Gasteiger partial charge in [0.25, 0.3) is 5.56 Å². The lowest BCUT2D eigenvalue weighted by Crippen LogP contribution is -2.34. The summed E-state index contributed by atoms with van der Waals surface area (Å²) in [5, 5.41) is 6.82. The molecule has 210 valence electrons. The van der Waals surface area contributed by atoms with Crippen molar-refractivity contribution in [2.75, 3.05) is 19.5 Å². The summed E-state index contributed by atoms with van der Waals surface area (Å²) in [4.78, 5) is 30.5. The molecule has 1 unspecified atom stereocenters. The fraction of sp³-hybridized carbons (Fsp3) is 0.583. The number of ether oxygens (including phenoxy) is 2. The number of nitrogens with two attached hydrogens (primary N) is 1. The predicted molar refractivity (Wildman–Crippen MR) is 141 cm³/mol. The molecule has 1 saturated heterocycles. The van der Waals surface area contributed by atoms with Crippen molar-refractivity contribution in [3.63, 3.8) is 0 Å². The molecule has 2 aromatic rings. The summed E-state index contributed by atoms with van der Waals surface area (Å²) >= 11 is 0. The van der Waals surface area contributed by atoms with Crippen LogP contribution in [-0.2, 0) is 34.3 Å². The molecule has 0 amide bonds. The number of nitrogens with one attached hydrogen (secondary N) is 2. The molecule has 0 aliphatic carbocycles. The number of carbonyl (C=O) groups excluding carboxylic acids is 1. The van der Waals surface area contributed by atoms with Crippen molar-refractivity contribution in [1.82, 2.24) is 24.7 Å². The Morgan fingerprint density at radius 2 is 2.24 bits per heavy atom. The summed E-state index contributed by atoms with van der Waals surface area (Å²) < 4.78 is 37.4. The number of fused-ring (bicyclic) bond motifs is 1. The Morgan fingerprint density at radius 3 is 2.92 bits per heavy atom. The van der Waals surface area contributed by atoms with Crippen LogP contribution in [0.15, 0.2) is 35.0 Å². The number of esters is 1. The maximum atomic E-state index is 13.5. The molecule has 1 aliphatic rings. The fourth-order valence-corrected chi connectivity index (χ4v) is 5.77. The molecule has 4 N–H and O–H groups in total. The zero-order valence-electron chi connectivity index (χ0n) is 22.4. The third-order valence-corrected chi connectivity index (χ3v) is 7.88. The quantitative estimate of drug-likeness (QED) is 0.144. The van der Waals surface area contributed by atoms with E-state index in [0.717, 1.165) is 6.42 Å². The molecule has 0 saturated carbocycles. The number of carbonyl (C=O) groups is 1. The molecule has 2 aromatic heterocycles. The average molecular weight is 553 g/mol. The Balaban J connectivity index is 1.63. The Labute approximate surface area is 221 Å². The average Bonchev–Trinajstić information content (AvgIpc) is 3.44. The van der Waals surface area contributed by atoms with E-state index in [1.54, 1.807) is 18.3 Å². The predicted octanol–water partition coefficient (Wildman–Crippen LogP) is 2.89. The van der Waals surface area contributed by atoms with E-state index >= 15 is 0 Å². The Kier molecular flexibility index (Phi) is 10.3. The number of hydrogen-bond acceptors (Lipinski definition) is 10. The van der Waals surface area contributed by atoms with Gasteiger partial charge >= 0.3 is 13.7 Å². The summed E-state index contributed by atoms with van der Waals surface area (Å²) in [6, 6.07) is -0.904. The van der Waals surface area contributed by atoms with E-state index in [1.807, 2.05) is 19.9 Å². The van der Waals surface area contributed by atoms with Crippen LogP contribution >= 0.6 is 7.75 Å². The van der Waals surface area contributed by atoms with Crippen LogP contribution in [0.25, 0.3) is 5.65 Å². The number of aromatic amines is 1. The minimum atomic E-state index is -3.90. The zero-order valence-corrected chi connectivity index (χ0v) is 23.3. The highest BCUT2D eigenvalue weighted by molar-refractivity contribution is 7.51. The first-order chi connectivity index (χ1) is 18.1. The normalized spacial score (nSPS) is 22.6. The van der Waals surface area contributed by atoms with Crippen molar-refractivity contribution < 1.29 is 27.9 Å². The van der Waals surface area contributed by atoms with Gasteiger partial charge in [0.2, 0.25) is 11.6 Å². The number of hydrogen-bond donors (Lipinski definition) is 3. The molecule has 14 heteroatoms. The van der Waals surface area contributed by atoms with Crippen LogP contribution < -0.4 is 16.4 Å². The molecule has 1 fully saturated rings. The Hall–Kier alpha value is -2.99. The third kappa shape index (κ3) is 7.53. The summed E-state index contributed by atoms with van der Waals surface area (Å²) in [6.07, 6.45) is 8.79. The molecule has 38 heavy (non-hydrogen) atoms. The highest BCUT2D eigenvalue weighted by Crippen LogP contribution is 2.47. The van der Waals surface area contributed by atoms with E-state index in [-0.39, 0.29) is 36.3 Å². The lowest BCUT2D eigenvalue weighted by atomic mass is 9.98. The van der Waals surface area contributed by atoms with E-state index in [1.165, 1.54) is 18.5 Å². The topological polar surface area (TPSA) is 172 Å². The van der Waals surface area contributed by atoms with Gasteiger partial charge in [-0.15, -0.1) is 5.10 Å². The monoisotopic (exact) mass is 552 g/mol. The number of nitrogens with zero attached hydrogens (tertiary/aromatic N) is 3. The van der Waals surface area contributed by atoms with Crippen LogP contribution in [-0.4, -0.2) is 57.5 Å². The number of nitrogen functional groups attached to an aromatic ring is 1. The molecule has 0 spiro atoms. The minimum absolute atomic E-state index is 0.00531. The third-order valence-electron chi connectivity index (χ3n) is 6.18. The Bertz CT molecular complexity index is 1270. The largest absolute Gasteiger partial charge is 0.468 e. The van der Waals surface area contributed by atoms with Crippen molar-refractivity contribution in [3.05, 3.63) is 46.2 Å². The smallest absolute Gasteiger partial charge is 0.459 e. The van der Waals surface area contributed by atoms with Crippen molar-refractivity contribution in [2.24, 2.45) is 5.92 Å². The van der Waals surface area contributed by atoms with Crippen molar-refractivity contribution in [3.8, 4) is 0 Å². The van der Waals surface area contributed by atoms with Gasteiger partial charge in [0.05, 0.1) is 37.8 Å². The van der Waals surface area contributed by atoms with E-state index in [2.05, 4.69) is 27.1 Å². The molecule has 13 nitrogen and oxygen atoms in total. The van der Waals surface area contributed by atoms with Crippen LogP contribution in [0.1, 0.15) is 52.7 Å². The maximum Gasteiger partial charge on any atom is 0.459 e. The van der Waals surface area contributed by atoms with Crippen LogP contribution in [0.3, 0.4) is 0 Å². The first kappa shape index (κ1) is 29.6. The van der Waals surface area contributed by atoms with Crippen molar-refractivity contribution >= 4 is 25.3 Å². The highest BCUT2D eigenvalue weighted by atomic mass is 31.2. The van der Waals surface area contributed by atoms with Gasteiger partial charge in [-0.25, -0.2) is 14.1 Å². The molecule has 0 radical (unpaired) electrons. The SMILES string of the molecule is C/C=C\C=C(/CC)OP(=O)(N[C@@H](C)C(=O)OC)OCC[C@@H]1C[C@H](C)[C@H](Cc2cnc3c(=O)[nH]c(N)nn23)O1. The summed E-state index contributed by atoms with van der Waals surface area (Å²) in [5.41, 5.74) is 6.16. The van der Waals surface area contributed by atoms with E-state index in [4.69, 9.17) is 24.3 Å². The second-order valence-corrected chi connectivity index (χ2v) is 10.8. The van der Waals surface area contributed by atoms with Gasteiger partial charge in [-0.1, -0.05) is 26.0 Å². The molecule has 5 atom stereocenters. The number of anilines is 1. The standard InChI is InChI=1S/C24H37N6O7P/c1-6-8-9-18(7-2)37-38(33,29-16(4)23(32)34-5)35-11-10-19-12-15(3)20(36-19)13-17-14-26-21-22(31)27-24(25)28-30(17)21/h6,8-9,14-16,19-20H,7,10-13H2,1-5H3,(H,29,33)(H3,25,27,28,31)/b8-6-,18-9+/t15-,16-,19+,20-,38?/m0/s1. The number of aromatic nitrogens is 4. The van der Waals surface area contributed by atoms with E-state index in [9.17, 15) is 14.2 Å². The lowest BCUT2D eigenvalue weighted by molar-refractivity contribution is -0.142. The number of imidazole rings is 1. The van der Waals surface area contributed by atoms with Crippen molar-refractivity contribution in [2.45, 2.75) is 71.6 Å². The molecular weight excluding hydrogens is 515 g/mol. The van der Waals surface area contributed by atoms with Crippen molar-refractivity contribution in [1.29, 1.82) is 0 Å². The van der Waals surface area contributed by atoms with Gasteiger partial charge in [-0.05, 0) is 38.7 Å². The van der Waals surface area contributed by atoms with Gasteiger partial charge in [0.1, 0.15) is 11.8 Å². The molecule has 3 heterocycles. The van der Waals surface area contributed by atoms with Crippen LogP contribution in [0.5, 0.6) is 0 Å². The van der Waals surface area contributed by atoms with Gasteiger partial charge in [-0.3, -0.25) is 19.1 Å². The minimum Gasteiger partial charge on any atom is -0.468 e. The number of allylic oxidation sites excluding steroid dienone is 4. The summed E-state index contributed by atoms with van der Waals surface area (Å²) in [7, 11) is -2.65. The van der Waals surface area contributed by atoms with Crippen LogP contribution in [0, 0.1) is 5.92 Å². The number of H-pyrrole nitrogens is 1. The second kappa shape index (κ2) is 13.2. The van der Waals surface area contributed by atoms with E-state index < -0.39 is 25.3 Å². The van der Waals surface area contributed by atoms with E-state index in [0.29, 0.717) is 30.7 Å². The van der Waals surface area contributed by atoms with Crippen LogP contribution in [0.2, 0.25) is 0 Å². The first-order valence-corrected chi connectivity index (χ1v) is 14.1. The van der Waals surface area contributed by atoms with Gasteiger partial charge in [0, 0.05) is 12.8 Å².